The fourth-order valence-corrected chi connectivity index (χ4v) is 7.12. The summed E-state index contributed by atoms with van der Waals surface area (Å²) in [5, 5.41) is 0.674. The van der Waals surface area contributed by atoms with Gasteiger partial charge in [0.05, 0.1) is 5.02 Å². The van der Waals surface area contributed by atoms with Crippen LogP contribution in [0.3, 0.4) is 0 Å². The van der Waals surface area contributed by atoms with Gasteiger partial charge in [-0.15, -0.1) is 0 Å². The van der Waals surface area contributed by atoms with E-state index in [1.54, 1.807) is 11.0 Å². The van der Waals surface area contributed by atoms with E-state index in [1.165, 1.54) is 11.6 Å². The average Bonchev–Trinajstić information content (AvgIpc) is 3.36. The number of anilines is 1. The molecule has 230 valence electrons. The number of ether oxygens (including phenoxy) is 1. The van der Waals surface area contributed by atoms with E-state index in [4.69, 9.17) is 27.9 Å². The summed E-state index contributed by atoms with van der Waals surface area (Å²) in [6.45, 7) is 12.7. The van der Waals surface area contributed by atoms with Gasteiger partial charge in [0.2, 0.25) is 12.5 Å². The van der Waals surface area contributed by atoms with Crippen molar-refractivity contribution in [2.24, 2.45) is 0 Å². The first-order valence-electron chi connectivity index (χ1n) is 15.1. The molecule has 1 amide bonds. The van der Waals surface area contributed by atoms with Gasteiger partial charge in [0.25, 0.3) is 0 Å². The fourth-order valence-electron chi connectivity index (χ4n) is 6.82. The first kappa shape index (κ1) is 30.2. The minimum Gasteiger partial charge on any atom is -0.462 e. The minimum absolute atomic E-state index is 0.0169. The second-order valence-electron chi connectivity index (χ2n) is 11.8. The van der Waals surface area contributed by atoms with Crippen LogP contribution in [0.1, 0.15) is 30.4 Å². The Balaban J connectivity index is 1.45. The molecule has 2 aliphatic heterocycles. The van der Waals surface area contributed by atoms with E-state index in [-0.39, 0.29) is 41.7 Å². The zero-order valence-electron chi connectivity index (χ0n) is 24.7. The molecule has 11 heteroatoms. The number of benzene rings is 2. The van der Waals surface area contributed by atoms with E-state index >= 15 is 4.39 Å². The Kier molecular flexibility index (Phi) is 8.70. The summed E-state index contributed by atoms with van der Waals surface area (Å²) in [6.07, 6.45) is 4.57. The molecule has 0 spiro atoms. The first-order chi connectivity index (χ1) is 21.3. The number of amides is 1. The highest BCUT2D eigenvalue weighted by atomic mass is 35.5. The lowest BCUT2D eigenvalue weighted by atomic mass is 9.85. The molecule has 0 N–H and O–H groups in total. The maximum absolute atomic E-state index is 16.8. The van der Waals surface area contributed by atoms with E-state index < -0.39 is 18.0 Å². The average molecular weight is 621 g/mol. The number of aromatic nitrogens is 2. The van der Waals surface area contributed by atoms with Crippen molar-refractivity contribution < 1.29 is 18.3 Å². The van der Waals surface area contributed by atoms with Gasteiger partial charge < -0.3 is 19.4 Å². The van der Waals surface area contributed by atoms with Crippen LogP contribution in [0.15, 0.2) is 36.9 Å². The molecule has 2 aromatic carbocycles. The lowest BCUT2D eigenvalue weighted by Crippen LogP contribution is -2.56. The zero-order chi connectivity index (χ0) is 31.0. The van der Waals surface area contributed by atoms with Crippen LogP contribution >= 0.6 is 11.6 Å². The molecule has 3 aromatic rings. The Morgan fingerprint density at radius 1 is 1.23 bits per heavy atom. The molecule has 2 saturated heterocycles. The molecular weight excluding hydrogens is 586 g/mol. The fraction of sp³-hybridized carbons (Fsp3) is 0.455. The lowest BCUT2D eigenvalue weighted by Gasteiger charge is -2.39. The maximum Gasteiger partial charge on any atom is 0.319 e. The van der Waals surface area contributed by atoms with Crippen molar-refractivity contribution in [2.45, 2.75) is 50.4 Å². The number of likely N-dealkylation sites (N-methyl/N-ethyl adjacent to an activating group) is 1. The number of aryl methyl sites for hydroxylation is 1. The molecule has 3 heterocycles. The van der Waals surface area contributed by atoms with Gasteiger partial charge >= 0.3 is 6.01 Å². The Hall–Kier alpha value is -3.81. The van der Waals surface area contributed by atoms with Gasteiger partial charge in [-0.05, 0) is 68.0 Å². The Morgan fingerprint density at radius 3 is 2.80 bits per heavy atom. The highest BCUT2D eigenvalue weighted by Crippen LogP contribution is 2.42. The number of rotatable bonds is 7. The maximum atomic E-state index is 16.8. The molecule has 2 fully saturated rings. The van der Waals surface area contributed by atoms with Crippen molar-refractivity contribution in [2.75, 3.05) is 51.3 Å². The highest BCUT2D eigenvalue weighted by Gasteiger charge is 2.34. The number of carbonyl (C=O) groups is 1. The minimum atomic E-state index is -0.936. The quantitative estimate of drug-likeness (QED) is 0.256. The predicted molar refractivity (Wildman–Crippen MR) is 167 cm³/mol. The standard InChI is InChI=1S/C33H35ClF2N6O2/c1-4-28(43)42-13-12-41(18-23(42)16-37-2)32-26-15-27(34)29(25-11-7-9-20-8-5-6-10-24(20)25)30(36)31(26)38-33(39-32)44-19-22-14-21(35)17-40(22)3/h4,7,9,11,15,21-23H,1,5-6,8,10,12-14,16-19H2,3H3/t21-,22+,23+/m1/s1. The molecule has 1 aromatic heterocycles. The first-order valence-corrected chi connectivity index (χ1v) is 15.5. The number of halogens is 3. The molecule has 0 radical (unpaired) electrons. The Bertz CT molecular complexity index is 1640. The summed E-state index contributed by atoms with van der Waals surface area (Å²) in [5.74, 6) is -0.386. The van der Waals surface area contributed by atoms with E-state index in [9.17, 15) is 9.18 Å². The van der Waals surface area contributed by atoms with Crippen molar-refractivity contribution in [1.29, 1.82) is 0 Å². The highest BCUT2D eigenvalue weighted by molar-refractivity contribution is 6.34. The topological polar surface area (TPSA) is 66.2 Å². The number of piperazine rings is 1. The zero-order valence-corrected chi connectivity index (χ0v) is 25.5. The smallest absolute Gasteiger partial charge is 0.319 e. The number of carbonyl (C=O) groups excluding carboxylic acids is 1. The van der Waals surface area contributed by atoms with Gasteiger partial charge in [-0.2, -0.15) is 9.97 Å². The van der Waals surface area contributed by atoms with Gasteiger partial charge in [0.15, 0.2) is 5.82 Å². The molecule has 8 nitrogen and oxygen atoms in total. The summed E-state index contributed by atoms with van der Waals surface area (Å²) in [4.78, 5) is 30.8. The molecule has 0 saturated carbocycles. The molecule has 3 aliphatic rings. The third-order valence-corrected chi connectivity index (χ3v) is 9.39. The summed E-state index contributed by atoms with van der Waals surface area (Å²) < 4.78 is 36.8. The second-order valence-corrected chi connectivity index (χ2v) is 12.2. The number of fused-ring (bicyclic) bond motifs is 2. The van der Waals surface area contributed by atoms with Crippen LogP contribution in [0.4, 0.5) is 14.6 Å². The number of likely N-dealkylation sites (tertiary alicyclic amines) is 1. The number of nitrogens with zero attached hydrogens (tertiary/aromatic N) is 6. The Morgan fingerprint density at radius 2 is 2.05 bits per heavy atom. The van der Waals surface area contributed by atoms with Crippen LogP contribution in [0.5, 0.6) is 6.01 Å². The van der Waals surface area contributed by atoms with Gasteiger partial charge in [0.1, 0.15) is 30.2 Å². The van der Waals surface area contributed by atoms with Gasteiger partial charge in [-0.3, -0.25) is 9.69 Å². The lowest BCUT2D eigenvalue weighted by molar-refractivity contribution is -0.128. The van der Waals surface area contributed by atoms with Crippen LogP contribution in [-0.4, -0.2) is 90.3 Å². The number of hydrogen-bond donors (Lipinski definition) is 0. The van der Waals surface area contributed by atoms with Crippen LogP contribution < -0.4 is 9.64 Å². The Labute approximate surface area is 261 Å². The number of alkyl halides is 1. The molecule has 0 bridgehead atoms. The normalized spacial score (nSPS) is 22.1. The summed E-state index contributed by atoms with van der Waals surface area (Å²) in [7, 11) is 1.84. The second kappa shape index (κ2) is 12.7. The van der Waals surface area contributed by atoms with E-state index in [0.717, 1.165) is 36.8 Å². The number of hydrogen-bond acceptors (Lipinski definition) is 6. The molecule has 0 unspecified atom stereocenters. The summed E-state index contributed by atoms with van der Waals surface area (Å²) >= 11 is 6.88. The molecule has 6 rings (SSSR count). The van der Waals surface area contributed by atoms with Crippen LogP contribution in [0, 0.1) is 12.4 Å². The van der Waals surface area contributed by atoms with Crippen molar-refractivity contribution in [3.8, 4) is 17.1 Å². The predicted octanol–water partition coefficient (Wildman–Crippen LogP) is 5.51. The molecular formula is C33H35ClF2N6O2. The van der Waals surface area contributed by atoms with E-state index in [1.807, 2.05) is 29.0 Å². The van der Waals surface area contributed by atoms with E-state index in [2.05, 4.69) is 22.5 Å². The largest absolute Gasteiger partial charge is 0.462 e. The van der Waals surface area contributed by atoms with Crippen LogP contribution in [0.2, 0.25) is 5.02 Å². The van der Waals surface area contributed by atoms with Crippen molar-refractivity contribution in [3.05, 3.63) is 70.3 Å². The van der Waals surface area contributed by atoms with Crippen molar-refractivity contribution >= 4 is 34.2 Å². The molecule has 1 aliphatic carbocycles. The van der Waals surface area contributed by atoms with Gasteiger partial charge in [0, 0.05) is 43.2 Å². The van der Waals surface area contributed by atoms with Crippen LogP contribution in [-0.2, 0) is 17.6 Å². The van der Waals surface area contributed by atoms with Crippen molar-refractivity contribution in [1.82, 2.24) is 19.8 Å². The van der Waals surface area contributed by atoms with Gasteiger partial charge in [-0.1, -0.05) is 36.4 Å². The van der Waals surface area contributed by atoms with Gasteiger partial charge in [-0.25, -0.2) is 15.4 Å². The molecule has 3 atom stereocenters. The molecule has 44 heavy (non-hydrogen) atoms. The third-order valence-electron chi connectivity index (χ3n) is 9.09. The SMILES string of the molecule is [C-]#[N+]C[C@H]1CN(c2nc(OC[C@@H]3C[C@@H](F)CN3C)nc3c(F)c(-c4cccc5c4CCCC5)c(Cl)cc23)CCN1C(=O)C=C. The third kappa shape index (κ3) is 5.71. The monoisotopic (exact) mass is 620 g/mol. The summed E-state index contributed by atoms with van der Waals surface area (Å²) in [5.41, 5.74) is 3.47. The van der Waals surface area contributed by atoms with Crippen molar-refractivity contribution in [3.63, 3.8) is 0 Å². The van der Waals surface area contributed by atoms with E-state index in [0.29, 0.717) is 49.4 Å². The summed E-state index contributed by atoms with van der Waals surface area (Å²) in [6, 6.07) is 7.06. The van der Waals surface area contributed by atoms with Crippen LogP contribution in [0.25, 0.3) is 26.9 Å².